The van der Waals surface area contributed by atoms with E-state index in [4.69, 9.17) is 10.5 Å². The van der Waals surface area contributed by atoms with Crippen molar-refractivity contribution in [2.24, 2.45) is 0 Å². The maximum Gasteiger partial charge on any atom is 0.406 e. The Kier molecular flexibility index (Phi) is 6.16. The molecule has 0 aliphatic rings. The molecule has 8 nitrogen and oxygen atoms in total. The van der Waals surface area contributed by atoms with Crippen LogP contribution in [-0.4, -0.2) is 42.7 Å². The first-order valence-corrected chi connectivity index (χ1v) is 12.6. The second kappa shape index (κ2) is 8.80. The fraction of sp³-hybridized carbons (Fsp3) is 0.238. The van der Waals surface area contributed by atoms with Crippen molar-refractivity contribution in [3.05, 3.63) is 47.5 Å². The van der Waals surface area contributed by atoms with Gasteiger partial charge >= 0.3 is 6.18 Å². The lowest BCUT2D eigenvalue weighted by Crippen LogP contribution is -2.18. The molecule has 0 amide bonds. The molecule has 0 atom stereocenters. The molecule has 3 N–H and O–H groups in total. The van der Waals surface area contributed by atoms with E-state index in [9.17, 15) is 21.6 Å². The molecule has 4 aromatic rings. The Hall–Kier alpha value is -3.32. The van der Waals surface area contributed by atoms with Crippen molar-refractivity contribution in [1.29, 1.82) is 0 Å². The van der Waals surface area contributed by atoms with E-state index in [2.05, 4.69) is 15.5 Å². The predicted octanol–water partition coefficient (Wildman–Crippen LogP) is 4.33. The Labute approximate surface area is 197 Å². The molecule has 0 saturated carbocycles. The van der Waals surface area contributed by atoms with Crippen molar-refractivity contribution < 1.29 is 26.3 Å². The summed E-state index contributed by atoms with van der Waals surface area (Å²) in [5.74, 6) is 0.327. The Balaban J connectivity index is 1.62. The van der Waals surface area contributed by atoms with Gasteiger partial charge in [-0.25, -0.2) is 8.42 Å². The summed E-state index contributed by atoms with van der Waals surface area (Å²) in [7, 11) is -1.98. The number of halogens is 3. The highest BCUT2D eigenvalue weighted by molar-refractivity contribution is 7.90. The van der Waals surface area contributed by atoms with Gasteiger partial charge in [-0.3, -0.25) is 0 Å². The zero-order valence-corrected chi connectivity index (χ0v) is 19.7. The van der Waals surface area contributed by atoms with Crippen molar-refractivity contribution in [2.75, 3.05) is 24.4 Å². The van der Waals surface area contributed by atoms with Crippen LogP contribution in [-0.2, 0) is 22.9 Å². The molecule has 0 aliphatic carbocycles. The number of nitrogens with zero attached hydrogens (tertiary/aromatic N) is 3. The Morgan fingerprint density at radius 3 is 2.62 bits per heavy atom. The molecule has 13 heteroatoms. The minimum Gasteiger partial charge on any atom is -0.495 e. The van der Waals surface area contributed by atoms with Crippen molar-refractivity contribution >= 4 is 43.5 Å². The molecular weight excluding hydrogens is 491 g/mol. The average Bonchev–Trinajstić information content (AvgIpc) is 3.36. The van der Waals surface area contributed by atoms with E-state index < -0.39 is 22.6 Å². The third-order valence-corrected chi connectivity index (χ3v) is 7.09. The van der Waals surface area contributed by atoms with Gasteiger partial charge in [0.1, 0.15) is 17.3 Å². The molecular formula is C21H20F3N5O3S2. The smallest absolute Gasteiger partial charge is 0.406 e. The number of ether oxygens (including phenoxy) is 1. The summed E-state index contributed by atoms with van der Waals surface area (Å²) >= 11 is 1.14. The third-order valence-electron chi connectivity index (χ3n) is 5.03. The summed E-state index contributed by atoms with van der Waals surface area (Å²) < 4.78 is 69.8. The topological polar surface area (TPSA) is 112 Å². The lowest BCUT2D eigenvalue weighted by molar-refractivity contribution is -0.139. The number of rotatable bonds is 7. The number of fused-ring (bicyclic) bond motifs is 1. The summed E-state index contributed by atoms with van der Waals surface area (Å²) in [6, 6.07) is 10.8. The first-order chi connectivity index (χ1) is 16.0. The van der Waals surface area contributed by atoms with Crippen LogP contribution in [0.3, 0.4) is 0 Å². The number of aromatic nitrogens is 3. The monoisotopic (exact) mass is 511 g/mol. The van der Waals surface area contributed by atoms with Crippen LogP contribution in [0.4, 0.5) is 24.5 Å². The van der Waals surface area contributed by atoms with E-state index >= 15 is 0 Å². The minimum absolute atomic E-state index is 0.116. The lowest BCUT2D eigenvalue weighted by Gasteiger charge is -2.12. The first-order valence-electron chi connectivity index (χ1n) is 9.85. The highest BCUT2D eigenvalue weighted by atomic mass is 32.2. The third kappa shape index (κ3) is 4.94. The van der Waals surface area contributed by atoms with Gasteiger partial charge in [0.15, 0.2) is 14.8 Å². The molecule has 0 aliphatic heterocycles. The second-order valence-corrected chi connectivity index (χ2v) is 10.6. The maximum atomic E-state index is 13.3. The van der Waals surface area contributed by atoms with Crippen LogP contribution in [0.1, 0.15) is 5.01 Å². The summed E-state index contributed by atoms with van der Waals surface area (Å²) in [6.45, 7) is -0.986. The average molecular weight is 512 g/mol. The molecule has 2 heterocycles. The quantitative estimate of drug-likeness (QED) is 0.355. The van der Waals surface area contributed by atoms with E-state index in [1.165, 1.54) is 19.2 Å². The summed E-state index contributed by atoms with van der Waals surface area (Å²) in [6.07, 6.45) is -3.33. The van der Waals surface area contributed by atoms with E-state index in [-0.39, 0.29) is 17.1 Å². The largest absolute Gasteiger partial charge is 0.495 e. The predicted molar refractivity (Wildman–Crippen MR) is 125 cm³/mol. The van der Waals surface area contributed by atoms with E-state index in [0.29, 0.717) is 38.0 Å². The van der Waals surface area contributed by atoms with Gasteiger partial charge < -0.3 is 20.4 Å². The number of benzene rings is 2. The molecule has 2 aromatic carbocycles. The van der Waals surface area contributed by atoms with E-state index in [0.717, 1.165) is 22.2 Å². The number of anilines is 2. The number of nitrogens with one attached hydrogen (secondary N) is 1. The molecule has 0 fully saturated rings. The fourth-order valence-electron chi connectivity index (χ4n) is 3.48. The second-order valence-electron chi connectivity index (χ2n) is 7.50. The van der Waals surface area contributed by atoms with E-state index in [1.807, 2.05) is 0 Å². The van der Waals surface area contributed by atoms with Crippen molar-refractivity contribution in [1.82, 2.24) is 14.8 Å². The van der Waals surface area contributed by atoms with Gasteiger partial charge in [-0.15, -0.1) is 10.2 Å². The molecule has 180 valence electrons. The molecule has 0 radical (unpaired) electrons. The summed E-state index contributed by atoms with van der Waals surface area (Å²) in [5.41, 5.74) is 7.51. The van der Waals surface area contributed by atoms with Gasteiger partial charge in [-0.2, -0.15) is 13.2 Å². The van der Waals surface area contributed by atoms with Crippen molar-refractivity contribution in [3.63, 3.8) is 0 Å². The van der Waals surface area contributed by atoms with Gasteiger partial charge in [0, 0.05) is 23.4 Å². The van der Waals surface area contributed by atoms with Gasteiger partial charge in [-0.05, 0) is 30.3 Å². The van der Waals surface area contributed by atoms with E-state index in [1.54, 1.807) is 30.3 Å². The molecule has 0 unspecified atom stereocenters. The van der Waals surface area contributed by atoms with Crippen LogP contribution in [0.25, 0.3) is 21.6 Å². The highest BCUT2D eigenvalue weighted by Gasteiger charge is 2.31. The molecule has 0 bridgehead atoms. The zero-order valence-electron chi connectivity index (χ0n) is 18.0. The Morgan fingerprint density at radius 1 is 1.18 bits per heavy atom. The van der Waals surface area contributed by atoms with Gasteiger partial charge in [0.25, 0.3) is 0 Å². The number of sulfone groups is 1. The number of hydrogen-bond acceptors (Lipinski definition) is 8. The standard InChI is InChI=1S/C21H20F3N5O3S2/c1-32-18-8-12(34(2,30)31)6-7-15(18)26-10-19-27-28-20(33-19)17-9-13-14(25)4-3-5-16(13)29(17)11-21(22,23)24/h3-9,26H,10-11,25H2,1-2H3. The van der Waals surface area contributed by atoms with Crippen LogP contribution in [0, 0.1) is 0 Å². The molecule has 4 rings (SSSR count). The van der Waals surface area contributed by atoms with Crippen molar-refractivity contribution in [2.45, 2.75) is 24.2 Å². The number of methoxy groups -OCH3 is 1. The lowest BCUT2D eigenvalue weighted by atomic mass is 10.2. The Bertz CT molecular complexity index is 1460. The summed E-state index contributed by atoms with van der Waals surface area (Å²) in [5, 5.41) is 12.6. The Morgan fingerprint density at radius 2 is 1.94 bits per heavy atom. The molecule has 0 spiro atoms. The SMILES string of the molecule is COc1cc(S(C)(=O)=O)ccc1NCc1nnc(-c2cc3c(N)cccc3n2CC(F)(F)F)s1. The van der Waals surface area contributed by atoms with Gasteiger partial charge in [0.2, 0.25) is 0 Å². The number of nitrogen functional groups attached to an aromatic ring is 1. The first kappa shape index (κ1) is 23.8. The maximum absolute atomic E-state index is 13.3. The number of alkyl halides is 3. The normalized spacial score (nSPS) is 12.3. The molecule has 2 aromatic heterocycles. The molecule has 0 saturated heterocycles. The zero-order chi connectivity index (χ0) is 24.7. The van der Waals surface area contributed by atoms with Crippen LogP contribution in [0.2, 0.25) is 0 Å². The number of hydrogen-bond donors (Lipinski definition) is 2. The fourth-order valence-corrected chi connectivity index (χ4v) is 4.92. The van der Waals surface area contributed by atoms with Crippen LogP contribution >= 0.6 is 11.3 Å². The van der Waals surface area contributed by atoms with Gasteiger partial charge in [-0.1, -0.05) is 17.4 Å². The minimum atomic E-state index is -4.44. The van der Waals surface area contributed by atoms with Crippen LogP contribution < -0.4 is 15.8 Å². The van der Waals surface area contributed by atoms with Crippen LogP contribution in [0.15, 0.2) is 47.4 Å². The highest BCUT2D eigenvalue weighted by Crippen LogP contribution is 2.35. The van der Waals surface area contributed by atoms with Gasteiger partial charge in [0.05, 0.1) is 35.4 Å². The number of nitrogens with two attached hydrogens (primary N) is 1. The molecule has 34 heavy (non-hydrogen) atoms. The summed E-state index contributed by atoms with van der Waals surface area (Å²) in [4.78, 5) is 0.116. The van der Waals surface area contributed by atoms with Crippen LogP contribution in [0.5, 0.6) is 5.75 Å². The van der Waals surface area contributed by atoms with Crippen molar-refractivity contribution in [3.8, 4) is 16.5 Å².